The molecule has 0 N–H and O–H groups in total. The lowest BCUT2D eigenvalue weighted by Gasteiger charge is -2.16. The third-order valence-corrected chi connectivity index (χ3v) is 2.96. The fourth-order valence-corrected chi connectivity index (χ4v) is 2.08. The molecule has 1 aliphatic heterocycles. The quantitative estimate of drug-likeness (QED) is 0.724. The molecule has 1 aliphatic rings. The van der Waals surface area contributed by atoms with Crippen molar-refractivity contribution < 1.29 is 4.74 Å². The van der Waals surface area contributed by atoms with Crippen LogP contribution in [-0.2, 0) is 4.74 Å². The van der Waals surface area contributed by atoms with Gasteiger partial charge in [-0.05, 0) is 12.5 Å². The predicted octanol–water partition coefficient (Wildman–Crippen LogP) is 2.85. The van der Waals surface area contributed by atoms with Crippen molar-refractivity contribution in [2.24, 2.45) is 10.9 Å². The first-order valence-electron chi connectivity index (χ1n) is 5.55. The van der Waals surface area contributed by atoms with Gasteiger partial charge in [-0.3, -0.25) is 4.99 Å². The maximum Gasteiger partial charge on any atom is 0.186 e. The number of aliphatic imine (C=N–C) groups is 1. The lowest BCUT2D eigenvalue weighted by molar-refractivity contribution is 0.305. The summed E-state index contributed by atoms with van der Waals surface area (Å²) >= 11 is 0. The number of benzene rings is 1. The van der Waals surface area contributed by atoms with E-state index in [1.807, 2.05) is 13.0 Å². The Kier molecular flexibility index (Phi) is 3.05. The van der Waals surface area contributed by atoms with E-state index in [-0.39, 0.29) is 0 Å². The minimum absolute atomic E-state index is 0.410. The highest BCUT2D eigenvalue weighted by Gasteiger charge is 2.29. The van der Waals surface area contributed by atoms with Crippen molar-refractivity contribution in [2.45, 2.75) is 19.8 Å². The number of ether oxygens (including phenoxy) is 1. The number of hydrogen-bond acceptors (Lipinski definition) is 2. The minimum atomic E-state index is 0.410. The van der Waals surface area contributed by atoms with Crippen molar-refractivity contribution in [3.8, 4) is 0 Å². The van der Waals surface area contributed by atoms with Crippen LogP contribution in [0.25, 0.3) is 0 Å². The standard InChI is InChI=1S/C13H17NO/c1-3-15-13-10(2)12(9-14-13)11-7-5-4-6-8-11/h4-8,10,12H,3,9H2,1-2H3. The zero-order valence-electron chi connectivity index (χ0n) is 9.31. The van der Waals surface area contributed by atoms with E-state index in [2.05, 4.69) is 36.2 Å². The highest BCUT2D eigenvalue weighted by molar-refractivity contribution is 5.81. The van der Waals surface area contributed by atoms with Crippen LogP contribution >= 0.6 is 0 Å². The van der Waals surface area contributed by atoms with Crippen LogP contribution in [0.3, 0.4) is 0 Å². The normalized spacial score (nSPS) is 25.1. The van der Waals surface area contributed by atoms with Crippen molar-refractivity contribution in [2.75, 3.05) is 13.2 Å². The molecule has 0 fully saturated rings. The van der Waals surface area contributed by atoms with E-state index in [4.69, 9.17) is 4.74 Å². The molecule has 15 heavy (non-hydrogen) atoms. The van der Waals surface area contributed by atoms with Gasteiger partial charge in [-0.25, -0.2) is 0 Å². The Morgan fingerprint density at radius 1 is 1.33 bits per heavy atom. The average Bonchev–Trinajstić information content (AvgIpc) is 2.63. The van der Waals surface area contributed by atoms with Gasteiger partial charge in [0.2, 0.25) is 0 Å². The highest BCUT2D eigenvalue weighted by Crippen LogP contribution is 2.31. The Balaban J connectivity index is 2.10. The summed E-state index contributed by atoms with van der Waals surface area (Å²) in [5.74, 6) is 1.83. The molecule has 0 aliphatic carbocycles. The van der Waals surface area contributed by atoms with Gasteiger partial charge in [0.1, 0.15) is 0 Å². The average molecular weight is 203 g/mol. The van der Waals surface area contributed by atoms with E-state index in [1.54, 1.807) is 0 Å². The second-order valence-electron chi connectivity index (χ2n) is 3.92. The largest absolute Gasteiger partial charge is 0.481 e. The Morgan fingerprint density at radius 2 is 2.07 bits per heavy atom. The van der Waals surface area contributed by atoms with E-state index in [0.29, 0.717) is 18.4 Å². The fraction of sp³-hybridized carbons (Fsp3) is 0.462. The first-order chi connectivity index (χ1) is 7.33. The first kappa shape index (κ1) is 10.2. The summed E-state index contributed by atoms with van der Waals surface area (Å²) < 4.78 is 5.52. The molecular weight excluding hydrogens is 186 g/mol. The topological polar surface area (TPSA) is 21.6 Å². The third-order valence-electron chi connectivity index (χ3n) is 2.96. The van der Waals surface area contributed by atoms with Crippen LogP contribution in [0, 0.1) is 5.92 Å². The van der Waals surface area contributed by atoms with Gasteiger partial charge in [0.15, 0.2) is 5.90 Å². The lowest BCUT2D eigenvalue weighted by atomic mass is 9.89. The molecule has 2 atom stereocenters. The molecular formula is C13H17NO. The SMILES string of the molecule is CCOC1=NCC(c2ccccc2)C1C. The maximum atomic E-state index is 5.52. The van der Waals surface area contributed by atoms with Crippen LogP contribution in [0.15, 0.2) is 35.3 Å². The fourth-order valence-electron chi connectivity index (χ4n) is 2.08. The van der Waals surface area contributed by atoms with Crippen LogP contribution in [0.5, 0.6) is 0 Å². The number of nitrogens with zero attached hydrogens (tertiary/aromatic N) is 1. The van der Waals surface area contributed by atoms with Crippen molar-refractivity contribution in [1.82, 2.24) is 0 Å². The first-order valence-corrected chi connectivity index (χ1v) is 5.55. The van der Waals surface area contributed by atoms with Gasteiger partial charge in [-0.2, -0.15) is 0 Å². The lowest BCUT2D eigenvalue weighted by Crippen LogP contribution is -2.16. The summed E-state index contributed by atoms with van der Waals surface area (Å²) in [6.45, 7) is 5.77. The molecule has 0 radical (unpaired) electrons. The van der Waals surface area contributed by atoms with E-state index >= 15 is 0 Å². The van der Waals surface area contributed by atoms with Crippen LogP contribution in [-0.4, -0.2) is 19.0 Å². The van der Waals surface area contributed by atoms with E-state index < -0.39 is 0 Å². The van der Waals surface area contributed by atoms with Crippen molar-refractivity contribution >= 4 is 5.90 Å². The van der Waals surface area contributed by atoms with Crippen LogP contribution in [0.2, 0.25) is 0 Å². The molecule has 1 heterocycles. The van der Waals surface area contributed by atoms with Gasteiger partial charge in [-0.15, -0.1) is 0 Å². The Labute approximate surface area is 91.0 Å². The summed E-state index contributed by atoms with van der Waals surface area (Å²) in [6.07, 6.45) is 0. The molecule has 1 aromatic carbocycles. The molecule has 1 aromatic rings. The molecule has 2 nitrogen and oxygen atoms in total. The summed E-state index contributed by atoms with van der Waals surface area (Å²) in [4.78, 5) is 4.46. The maximum absolute atomic E-state index is 5.52. The van der Waals surface area contributed by atoms with Gasteiger partial charge in [-0.1, -0.05) is 37.3 Å². The van der Waals surface area contributed by atoms with Crippen LogP contribution in [0.4, 0.5) is 0 Å². The van der Waals surface area contributed by atoms with Crippen molar-refractivity contribution in [3.63, 3.8) is 0 Å². The summed E-state index contributed by atoms with van der Waals surface area (Å²) in [7, 11) is 0. The zero-order valence-corrected chi connectivity index (χ0v) is 9.31. The highest BCUT2D eigenvalue weighted by atomic mass is 16.5. The Hall–Kier alpha value is -1.31. The second-order valence-corrected chi connectivity index (χ2v) is 3.92. The Bertz CT molecular complexity index is 345. The monoisotopic (exact) mass is 203 g/mol. The molecule has 0 saturated heterocycles. The molecule has 0 spiro atoms. The van der Waals surface area contributed by atoms with Gasteiger partial charge in [0.25, 0.3) is 0 Å². The molecule has 2 heteroatoms. The summed E-state index contributed by atoms with van der Waals surface area (Å²) in [5, 5.41) is 0. The van der Waals surface area contributed by atoms with E-state index in [1.165, 1.54) is 5.56 Å². The molecule has 2 unspecified atom stereocenters. The van der Waals surface area contributed by atoms with E-state index in [9.17, 15) is 0 Å². The molecule has 80 valence electrons. The van der Waals surface area contributed by atoms with Crippen LogP contribution < -0.4 is 0 Å². The van der Waals surface area contributed by atoms with Gasteiger partial charge >= 0.3 is 0 Å². The zero-order chi connectivity index (χ0) is 10.7. The second kappa shape index (κ2) is 4.47. The number of hydrogen-bond donors (Lipinski definition) is 0. The van der Waals surface area contributed by atoms with Gasteiger partial charge < -0.3 is 4.74 Å². The summed E-state index contributed by atoms with van der Waals surface area (Å²) in [5.41, 5.74) is 1.36. The Morgan fingerprint density at radius 3 is 2.73 bits per heavy atom. The minimum Gasteiger partial charge on any atom is -0.481 e. The molecule has 0 amide bonds. The molecule has 0 saturated carbocycles. The van der Waals surface area contributed by atoms with Crippen molar-refractivity contribution in [3.05, 3.63) is 35.9 Å². The smallest absolute Gasteiger partial charge is 0.186 e. The van der Waals surface area contributed by atoms with Crippen molar-refractivity contribution in [1.29, 1.82) is 0 Å². The molecule has 2 rings (SSSR count). The number of rotatable bonds is 2. The summed E-state index contributed by atoms with van der Waals surface area (Å²) in [6, 6.07) is 10.6. The van der Waals surface area contributed by atoms with Gasteiger partial charge in [0.05, 0.1) is 13.2 Å². The van der Waals surface area contributed by atoms with E-state index in [0.717, 1.165) is 12.4 Å². The third kappa shape index (κ3) is 2.04. The van der Waals surface area contributed by atoms with Crippen LogP contribution in [0.1, 0.15) is 25.3 Å². The molecule has 0 bridgehead atoms. The molecule has 0 aromatic heterocycles. The predicted molar refractivity (Wildman–Crippen MR) is 62.3 cm³/mol. The van der Waals surface area contributed by atoms with Gasteiger partial charge in [0, 0.05) is 11.8 Å².